The lowest BCUT2D eigenvalue weighted by atomic mass is 10.2. The Kier molecular flexibility index (Phi) is 5.13. The van der Waals surface area contributed by atoms with Crippen LogP contribution in [-0.2, 0) is 4.74 Å². The third-order valence-corrected chi connectivity index (χ3v) is 3.28. The van der Waals surface area contributed by atoms with E-state index >= 15 is 0 Å². The van der Waals surface area contributed by atoms with E-state index in [-0.39, 0.29) is 0 Å². The first kappa shape index (κ1) is 16.4. The van der Waals surface area contributed by atoms with Crippen molar-refractivity contribution in [3.05, 3.63) is 18.2 Å². The van der Waals surface area contributed by atoms with E-state index in [1.54, 1.807) is 7.11 Å². The Bertz CT molecular complexity index is 520. The van der Waals surface area contributed by atoms with Gasteiger partial charge in [0.25, 0.3) is 0 Å². The number of hydrogen-bond donors (Lipinski definition) is 3. The van der Waals surface area contributed by atoms with Crippen LogP contribution in [0.2, 0.25) is 0 Å². The molecule has 1 saturated heterocycles. The molecule has 6 heteroatoms. The molecule has 0 radical (unpaired) electrons. The zero-order chi connectivity index (χ0) is 16.2. The predicted molar refractivity (Wildman–Crippen MR) is 87.7 cm³/mol. The molecule has 0 saturated carbocycles. The minimum atomic E-state index is -0.528. The van der Waals surface area contributed by atoms with E-state index < -0.39 is 11.7 Å². The van der Waals surface area contributed by atoms with Crippen molar-refractivity contribution in [3.8, 4) is 5.75 Å². The average Bonchev–Trinajstić information content (AvgIpc) is 2.91. The fourth-order valence-electron chi connectivity index (χ4n) is 2.29. The summed E-state index contributed by atoms with van der Waals surface area (Å²) in [6.07, 6.45) is 0.577. The van der Waals surface area contributed by atoms with E-state index in [0.29, 0.717) is 11.7 Å². The minimum Gasteiger partial charge on any atom is -0.497 e. The van der Waals surface area contributed by atoms with Gasteiger partial charge in [-0.2, -0.15) is 0 Å². The third kappa shape index (κ3) is 4.80. The summed E-state index contributed by atoms with van der Waals surface area (Å²) in [4.78, 5) is 12.0. The first-order chi connectivity index (χ1) is 10.4. The van der Waals surface area contributed by atoms with E-state index in [9.17, 15) is 4.79 Å². The van der Waals surface area contributed by atoms with Gasteiger partial charge < -0.3 is 20.1 Å². The number of amides is 1. The zero-order valence-corrected chi connectivity index (χ0v) is 13.7. The smallest absolute Gasteiger partial charge is 0.412 e. The van der Waals surface area contributed by atoms with Gasteiger partial charge in [-0.3, -0.25) is 5.32 Å². The molecule has 3 N–H and O–H groups in total. The van der Waals surface area contributed by atoms with Crippen LogP contribution in [0.15, 0.2) is 18.2 Å². The maximum Gasteiger partial charge on any atom is 0.412 e. The number of ether oxygens (including phenoxy) is 2. The molecule has 1 atom stereocenters. The number of benzene rings is 1. The van der Waals surface area contributed by atoms with Gasteiger partial charge in [0.05, 0.1) is 18.5 Å². The van der Waals surface area contributed by atoms with E-state index in [2.05, 4.69) is 16.0 Å². The van der Waals surface area contributed by atoms with Gasteiger partial charge in [0.1, 0.15) is 11.4 Å². The maximum atomic E-state index is 12.0. The van der Waals surface area contributed by atoms with Crippen molar-refractivity contribution >= 4 is 17.5 Å². The second-order valence-electron chi connectivity index (χ2n) is 6.37. The van der Waals surface area contributed by atoms with E-state index in [1.807, 2.05) is 39.0 Å². The Morgan fingerprint density at radius 3 is 2.68 bits per heavy atom. The SMILES string of the molecule is COc1ccc(NC(=O)OC(C)(C)C)c(NC2CCNC2)c1. The standard InChI is InChI=1S/C16H25N3O3/c1-16(2,3)22-15(20)19-13-6-5-12(21-4)9-14(13)18-11-7-8-17-10-11/h5-6,9,11,17-18H,7-8,10H2,1-4H3,(H,19,20). The second-order valence-corrected chi connectivity index (χ2v) is 6.37. The number of methoxy groups -OCH3 is 1. The molecule has 1 aromatic rings. The number of nitrogens with one attached hydrogen (secondary N) is 3. The van der Waals surface area contributed by atoms with Crippen LogP contribution < -0.4 is 20.7 Å². The fraction of sp³-hybridized carbons (Fsp3) is 0.562. The third-order valence-electron chi connectivity index (χ3n) is 3.28. The van der Waals surface area contributed by atoms with Gasteiger partial charge in [-0.25, -0.2) is 4.79 Å². The summed E-state index contributed by atoms with van der Waals surface area (Å²) in [5.41, 5.74) is 0.986. The second kappa shape index (κ2) is 6.87. The van der Waals surface area contributed by atoms with Crippen LogP contribution in [0, 0.1) is 0 Å². The van der Waals surface area contributed by atoms with Gasteiger partial charge in [-0.05, 0) is 45.9 Å². The molecule has 0 bridgehead atoms. The van der Waals surface area contributed by atoms with Crippen LogP contribution in [0.5, 0.6) is 5.75 Å². The molecular formula is C16H25N3O3. The van der Waals surface area contributed by atoms with Gasteiger partial charge in [0.2, 0.25) is 0 Å². The first-order valence-corrected chi connectivity index (χ1v) is 7.53. The molecule has 0 aromatic heterocycles. The van der Waals surface area contributed by atoms with Crippen molar-refractivity contribution in [1.29, 1.82) is 0 Å². The van der Waals surface area contributed by atoms with Gasteiger partial charge in [-0.1, -0.05) is 0 Å². The average molecular weight is 307 g/mol. The number of carbonyl (C=O) groups excluding carboxylic acids is 1. The molecule has 1 aliphatic heterocycles. The summed E-state index contributed by atoms with van der Waals surface area (Å²) in [5, 5.41) is 9.54. The highest BCUT2D eigenvalue weighted by atomic mass is 16.6. The number of rotatable bonds is 4. The summed E-state index contributed by atoms with van der Waals surface area (Å²) < 4.78 is 10.6. The van der Waals surface area contributed by atoms with E-state index in [0.717, 1.165) is 30.9 Å². The number of hydrogen-bond acceptors (Lipinski definition) is 5. The molecule has 0 aliphatic carbocycles. The van der Waals surface area contributed by atoms with Crippen LogP contribution in [-0.4, -0.2) is 37.9 Å². The highest BCUT2D eigenvalue weighted by molar-refractivity contribution is 5.90. The number of anilines is 2. The highest BCUT2D eigenvalue weighted by Crippen LogP contribution is 2.29. The Morgan fingerprint density at radius 1 is 1.32 bits per heavy atom. The van der Waals surface area contributed by atoms with E-state index in [4.69, 9.17) is 9.47 Å². The van der Waals surface area contributed by atoms with Crippen molar-refractivity contribution in [2.24, 2.45) is 0 Å². The lowest BCUT2D eigenvalue weighted by Crippen LogP contribution is -2.28. The molecule has 1 heterocycles. The van der Waals surface area contributed by atoms with Crippen LogP contribution in [0.4, 0.5) is 16.2 Å². The molecule has 2 rings (SSSR count). The summed E-state index contributed by atoms with van der Waals surface area (Å²) in [7, 11) is 1.62. The van der Waals surface area contributed by atoms with Gasteiger partial charge in [-0.15, -0.1) is 0 Å². The maximum absolute atomic E-state index is 12.0. The quantitative estimate of drug-likeness (QED) is 0.798. The lowest BCUT2D eigenvalue weighted by Gasteiger charge is -2.22. The van der Waals surface area contributed by atoms with Crippen LogP contribution in [0.3, 0.4) is 0 Å². The van der Waals surface area contributed by atoms with Crippen molar-refractivity contribution in [2.75, 3.05) is 30.8 Å². The normalized spacial score (nSPS) is 17.9. The van der Waals surface area contributed by atoms with Crippen molar-refractivity contribution < 1.29 is 14.3 Å². The molecule has 1 unspecified atom stereocenters. The Hall–Kier alpha value is -1.95. The molecule has 6 nitrogen and oxygen atoms in total. The van der Waals surface area contributed by atoms with Crippen LogP contribution in [0.1, 0.15) is 27.2 Å². The van der Waals surface area contributed by atoms with Gasteiger partial charge >= 0.3 is 6.09 Å². The summed E-state index contributed by atoms with van der Waals surface area (Å²) in [5.74, 6) is 0.739. The van der Waals surface area contributed by atoms with E-state index in [1.165, 1.54) is 0 Å². The Labute approximate surface area is 131 Å². The molecule has 0 spiro atoms. The van der Waals surface area contributed by atoms with Crippen molar-refractivity contribution in [2.45, 2.75) is 38.8 Å². The molecule has 22 heavy (non-hydrogen) atoms. The summed E-state index contributed by atoms with van der Waals surface area (Å²) in [6, 6.07) is 5.84. The highest BCUT2D eigenvalue weighted by Gasteiger charge is 2.19. The minimum absolute atomic E-state index is 0.339. The molecule has 1 aromatic carbocycles. The number of carbonyl (C=O) groups is 1. The van der Waals surface area contributed by atoms with Crippen molar-refractivity contribution in [3.63, 3.8) is 0 Å². The topological polar surface area (TPSA) is 71.6 Å². The molecule has 1 fully saturated rings. The zero-order valence-electron chi connectivity index (χ0n) is 13.7. The van der Waals surface area contributed by atoms with Gasteiger partial charge in [0, 0.05) is 18.7 Å². The lowest BCUT2D eigenvalue weighted by molar-refractivity contribution is 0.0636. The monoisotopic (exact) mass is 307 g/mol. The van der Waals surface area contributed by atoms with Crippen LogP contribution >= 0.6 is 0 Å². The summed E-state index contributed by atoms with van der Waals surface area (Å²) >= 11 is 0. The largest absolute Gasteiger partial charge is 0.497 e. The summed E-state index contributed by atoms with van der Waals surface area (Å²) in [6.45, 7) is 7.41. The Balaban J connectivity index is 2.12. The first-order valence-electron chi connectivity index (χ1n) is 7.53. The fourth-order valence-corrected chi connectivity index (χ4v) is 2.29. The molecule has 1 amide bonds. The molecule has 122 valence electrons. The Morgan fingerprint density at radius 2 is 2.09 bits per heavy atom. The van der Waals surface area contributed by atoms with Gasteiger partial charge in [0.15, 0.2) is 0 Å². The molecular weight excluding hydrogens is 282 g/mol. The van der Waals surface area contributed by atoms with Crippen LogP contribution in [0.25, 0.3) is 0 Å². The molecule has 1 aliphatic rings. The van der Waals surface area contributed by atoms with Crippen molar-refractivity contribution in [1.82, 2.24) is 5.32 Å². The predicted octanol–water partition coefficient (Wildman–Crippen LogP) is 2.82.